The Balaban J connectivity index is 1.50. The Hall–Kier alpha value is -2.99. The van der Waals surface area contributed by atoms with Gasteiger partial charge in [-0.15, -0.1) is 10.2 Å². The SMILES string of the molecule is CCCCn1c(=O)[nH]c(=O)c2c1nc(CSc1nnc(NCc3ccc(F)cc3)s1)n2CC. The van der Waals surface area contributed by atoms with Crippen LogP contribution in [-0.4, -0.2) is 29.3 Å². The number of aryl methyl sites for hydroxylation is 2. The van der Waals surface area contributed by atoms with Crippen LogP contribution in [0, 0.1) is 5.82 Å². The van der Waals surface area contributed by atoms with Crippen LogP contribution in [0.5, 0.6) is 0 Å². The van der Waals surface area contributed by atoms with Crippen molar-refractivity contribution in [2.24, 2.45) is 0 Å². The molecule has 0 aliphatic rings. The van der Waals surface area contributed by atoms with Crippen molar-refractivity contribution in [1.29, 1.82) is 0 Å². The van der Waals surface area contributed by atoms with E-state index < -0.39 is 11.2 Å². The number of rotatable bonds is 10. The van der Waals surface area contributed by atoms with E-state index in [1.165, 1.54) is 35.2 Å². The van der Waals surface area contributed by atoms with Crippen molar-refractivity contribution in [2.75, 3.05) is 5.32 Å². The van der Waals surface area contributed by atoms with Crippen molar-refractivity contribution in [3.63, 3.8) is 0 Å². The minimum atomic E-state index is -0.429. The number of nitrogens with one attached hydrogen (secondary N) is 2. The molecule has 0 saturated heterocycles. The normalized spacial score (nSPS) is 11.4. The smallest absolute Gasteiger partial charge is 0.330 e. The van der Waals surface area contributed by atoms with Crippen LogP contribution < -0.4 is 16.6 Å². The molecule has 0 fully saturated rings. The van der Waals surface area contributed by atoms with Crippen LogP contribution in [0.2, 0.25) is 0 Å². The van der Waals surface area contributed by atoms with E-state index in [0.717, 1.165) is 22.7 Å². The number of imidazole rings is 1. The molecule has 0 aliphatic heterocycles. The topological polar surface area (TPSA) is 110 Å². The van der Waals surface area contributed by atoms with E-state index in [0.29, 0.717) is 47.5 Å². The van der Waals surface area contributed by atoms with Gasteiger partial charge in [0.15, 0.2) is 15.5 Å². The third-order valence-electron chi connectivity index (χ3n) is 5.10. The molecule has 0 atom stereocenters. The number of aromatic nitrogens is 6. The van der Waals surface area contributed by atoms with Gasteiger partial charge in [-0.25, -0.2) is 14.2 Å². The fourth-order valence-electron chi connectivity index (χ4n) is 3.44. The fourth-order valence-corrected chi connectivity index (χ4v) is 5.13. The number of unbranched alkanes of at least 4 members (excludes halogenated alkanes) is 1. The largest absolute Gasteiger partial charge is 0.356 e. The Labute approximate surface area is 197 Å². The predicted molar refractivity (Wildman–Crippen MR) is 128 cm³/mol. The standard InChI is InChI=1S/C21H24FN7O2S2/c1-3-5-10-29-17-16(18(30)25-20(29)31)28(4-2)15(24-17)12-32-21-27-26-19(33-21)23-11-13-6-8-14(22)9-7-13/h6-9H,3-5,10-12H2,1-2H3,(H,23,26)(H,25,30,31). The van der Waals surface area contributed by atoms with Crippen molar-refractivity contribution >= 4 is 39.4 Å². The predicted octanol–water partition coefficient (Wildman–Crippen LogP) is 3.60. The molecule has 9 nitrogen and oxygen atoms in total. The van der Waals surface area contributed by atoms with Gasteiger partial charge in [-0.3, -0.25) is 14.3 Å². The van der Waals surface area contributed by atoms with Gasteiger partial charge in [0.1, 0.15) is 11.6 Å². The highest BCUT2D eigenvalue weighted by Crippen LogP contribution is 2.29. The molecule has 4 aromatic rings. The van der Waals surface area contributed by atoms with Gasteiger partial charge in [-0.05, 0) is 31.0 Å². The van der Waals surface area contributed by atoms with Crippen molar-refractivity contribution in [3.05, 3.63) is 62.3 Å². The van der Waals surface area contributed by atoms with Crippen molar-refractivity contribution in [3.8, 4) is 0 Å². The van der Waals surface area contributed by atoms with Gasteiger partial charge in [0, 0.05) is 19.6 Å². The first-order valence-corrected chi connectivity index (χ1v) is 12.5. The molecule has 0 unspecified atom stereocenters. The first-order valence-electron chi connectivity index (χ1n) is 10.7. The zero-order valence-electron chi connectivity index (χ0n) is 18.3. The maximum atomic E-state index is 13.0. The lowest BCUT2D eigenvalue weighted by Gasteiger charge is -2.06. The summed E-state index contributed by atoms with van der Waals surface area (Å²) in [6, 6.07) is 6.28. The van der Waals surface area contributed by atoms with E-state index in [2.05, 4.69) is 25.5 Å². The van der Waals surface area contributed by atoms with Crippen LogP contribution in [0.4, 0.5) is 9.52 Å². The molecule has 174 valence electrons. The van der Waals surface area contributed by atoms with Gasteiger partial charge in [-0.2, -0.15) is 0 Å². The van der Waals surface area contributed by atoms with Gasteiger partial charge >= 0.3 is 5.69 Å². The van der Waals surface area contributed by atoms with Crippen LogP contribution in [0.25, 0.3) is 11.2 Å². The van der Waals surface area contributed by atoms with Crippen LogP contribution in [0.3, 0.4) is 0 Å². The maximum Gasteiger partial charge on any atom is 0.330 e. The molecule has 4 rings (SSSR count). The summed E-state index contributed by atoms with van der Waals surface area (Å²) in [6.45, 7) is 5.57. The zero-order valence-corrected chi connectivity index (χ0v) is 19.9. The first-order chi connectivity index (χ1) is 16.0. The Morgan fingerprint density at radius 3 is 2.67 bits per heavy atom. The average Bonchev–Trinajstić information content (AvgIpc) is 3.41. The molecule has 0 spiro atoms. The summed E-state index contributed by atoms with van der Waals surface area (Å²) in [4.78, 5) is 31.9. The minimum absolute atomic E-state index is 0.268. The molecule has 33 heavy (non-hydrogen) atoms. The molecule has 12 heteroatoms. The number of aromatic amines is 1. The summed E-state index contributed by atoms with van der Waals surface area (Å²) in [6.07, 6.45) is 1.75. The van der Waals surface area contributed by atoms with Crippen LogP contribution in [-0.2, 0) is 25.4 Å². The highest BCUT2D eigenvalue weighted by atomic mass is 32.2. The minimum Gasteiger partial charge on any atom is -0.356 e. The monoisotopic (exact) mass is 489 g/mol. The molecule has 0 radical (unpaired) electrons. The summed E-state index contributed by atoms with van der Waals surface area (Å²) in [7, 11) is 0. The number of H-pyrrole nitrogens is 1. The van der Waals surface area contributed by atoms with Crippen molar-refractivity contribution < 1.29 is 4.39 Å². The molecule has 0 aliphatic carbocycles. The third kappa shape index (κ3) is 5.17. The molecule has 3 heterocycles. The summed E-state index contributed by atoms with van der Waals surface area (Å²) in [5.74, 6) is 0.918. The molecule has 2 N–H and O–H groups in total. The highest BCUT2D eigenvalue weighted by molar-refractivity contribution is 8.00. The number of hydrogen-bond acceptors (Lipinski definition) is 8. The second kappa shape index (κ2) is 10.3. The number of anilines is 1. The molecular weight excluding hydrogens is 465 g/mol. The quantitative estimate of drug-likeness (QED) is 0.328. The lowest BCUT2D eigenvalue weighted by Crippen LogP contribution is -2.31. The second-order valence-corrected chi connectivity index (χ2v) is 9.55. The zero-order chi connectivity index (χ0) is 23.4. The highest BCUT2D eigenvalue weighted by Gasteiger charge is 2.18. The lowest BCUT2D eigenvalue weighted by atomic mass is 10.2. The number of fused-ring (bicyclic) bond motifs is 1. The number of halogens is 1. The summed E-state index contributed by atoms with van der Waals surface area (Å²) in [5.41, 5.74) is 0.937. The Morgan fingerprint density at radius 1 is 1.15 bits per heavy atom. The summed E-state index contributed by atoms with van der Waals surface area (Å²) in [5, 5.41) is 12.2. The number of nitrogens with zero attached hydrogens (tertiary/aromatic N) is 5. The average molecular weight is 490 g/mol. The third-order valence-corrected chi connectivity index (χ3v) is 7.11. The van der Waals surface area contributed by atoms with Crippen molar-refractivity contribution in [1.82, 2.24) is 29.3 Å². The van der Waals surface area contributed by atoms with E-state index in [9.17, 15) is 14.0 Å². The van der Waals surface area contributed by atoms with Gasteiger partial charge in [0.2, 0.25) is 5.13 Å². The van der Waals surface area contributed by atoms with E-state index in [4.69, 9.17) is 0 Å². The van der Waals surface area contributed by atoms with Crippen LogP contribution in [0.15, 0.2) is 38.2 Å². The lowest BCUT2D eigenvalue weighted by molar-refractivity contribution is 0.613. The number of thioether (sulfide) groups is 1. The molecular formula is C21H24FN7O2S2. The van der Waals surface area contributed by atoms with E-state index in [-0.39, 0.29) is 5.82 Å². The molecule has 0 bridgehead atoms. The fraction of sp³-hybridized carbons (Fsp3) is 0.381. The van der Waals surface area contributed by atoms with Gasteiger partial charge < -0.3 is 9.88 Å². The Kier molecular flexibility index (Phi) is 7.23. The van der Waals surface area contributed by atoms with E-state index >= 15 is 0 Å². The number of benzene rings is 1. The van der Waals surface area contributed by atoms with Gasteiger partial charge in [0.05, 0.1) is 5.75 Å². The first kappa shape index (κ1) is 23.2. The molecule has 3 aromatic heterocycles. The van der Waals surface area contributed by atoms with Crippen molar-refractivity contribution in [2.45, 2.75) is 56.4 Å². The Bertz CT molecular complexity index is 1360. The molecule has 0 amide bonds. The summed E-state index contributed by atoms with van der Waals surface area (Å²) < 4.78 is 17.2. The van der Waals surface area contributed by atoms with E-state index in [1.54, 1.807) is 16.7 Å². The maximum absolute atomic E-state index is 13.0. The van der Waals surface area contributed by atoms with Gasteiger partial charge in [-0.1, -0.05) is 48.6 Å². The molecule has 1 aromatic carbocycles. The van der Waals surface area contributed by atoms with E-state index in [1.807, 2.05) is 18.4 Å². The summed E-state index contributed by atoms with van der Waals surface area (Å²) >= 11 is 2.88. The molecule has 0 saturated carbocycles. The van der Waals surface area contributed by atoms with Crippen LogP contribution >= 0.6 is 23.1 Å². The number of hydrogen-bond donors (Lipinski definition) is 2. The second-order valence-electron chi connectivity index (χ2n) is 7.35. The van der Waals surface area contributed by atoms with Gasteiger partial charge in [0.25, 0.3) is 5.56 Å². The van der Waals surface area contributed by atoms with Crippen LogP contribution in [0.1, 0.15) is 38.1 Å². The Morgan fingerprint density at radius 2 is 1.94 bits per heavy atom.